The second-order valence-corrected chi connectivity index (χ2v) is 3.69. The summed E-state index contributed by atoms with van der Waals surface area (Å²) in [6, 6.07) is 0. The van der Waals surface area contributed by atoms with Crippen LogP contribution < -0.4 is 11.2 Å². The van der Waals surface area contributed by atoms with Crippen molar-refractivity contribution < 1.29 is 0 Å². The van der Waals surface area contributed by atoms with Crippen molar-refractivity contribution in [3.8, 4) is 0 Å². The lowest BCUT2D eigenvalue weighted by Gasteiger charge is -2.05. The van der Waals surface area contributed by atoms with Crippen molar-refractivity contribution in [1.29, 1.82) is 0 Å². The van der Waals surface area contributed by atoms with Crippen LogP contribution in [0.4, 0.5) is 0 Å². The topological polar surface area (TPSA) is 61.8 Å². The predicted molar refractivity (Wildman–Crippen MR) is 63.9 cm³/mol. The molecule has 0 aromatic carbocycles. The fourth-order valence-electron chi connectivity index (χ4n) is 1.71. The van der Waals surface area contributed by atoms with Gasteiger partial charge < -0.3 is 4.57 Å². The summed E-state index contributed by atoms with van der Waals surface area (Å²) < 4.78 is 4.08. The highest BCUT2D eigenvalue weighted by molar-refractivity contribution is 5.69. The highest BCUT2D eigenvalue weighted by atomic mass is 16.2. The first-order chi connectivity index (χ1) is 8.07. The molecule has 6 heteroatoms. The molecule has 2 heterocycles. The van der Waals surface area contributed by atoms with Crippen molar-refractivity contribution in [2.75, 3.05) is 0 Å². The molecular weight excluding hydrogens is 220 g/mol. The third-order valence-electron chi connectivity index (χ3n) is 2.62. The summed E-state index contributed by atoms with van der Waals surface area (Å²) in [5.74, 6) is 0. The van der Waals surface area contributed by atoms with E-state index in [-0.39, 0.29) is 12.1 Å². The summed E-state index contributed by atoms with van der Waals surface area (Å²) in [5, 5.41) is 0. The lowest BCUT2D eigenvalue weighted by atomic mass is 10.4. The van der Waals surface area contributed by atoms with Crippen LogP contribution in [-0.4, -0.2) is 18.7 Å². The summed E-state index contributed by atoms with van der Waals surface area (Å²) >= 11 is 0. The van der Waals surface area contributed by atoms with E-state index in [4.69, 9.17) is 0 Å². The zero-order valence-corrected chi connectivity index (χ0v) is 9.67. The van der Waals surface area contributed by atoms with E-state index in [0.717, 1.165) is 4.57 Å². The third kappa shape index (κ3) is 1.55. The van der Waals surface area contributed by atoms with Crippen molar-refractivity contribution in [3.05, 3.63) is 45.6 Å². The lowest BCUT2D eigenvalue weighted by molar-refractivity contribution is 0.665. The van der Waals surface area contributed by atoms with Gasteiger partial charge in [0.05, 0.1) is 12.9 Å². The number of hydrogen-bond acceptors (Lipinski definition) is 3. The van der Waals surface area contributed by atoms with Crippen molar-refractivity contribution in [1.82, 2.24) is 18.7 Å². The average molecular weight is 232 g/mol. The molecule has 0 bridgehead atoms. The Morgan fingerprint density at radius 3 is 2.82 bits per heavy atom. The zero-order valence-electron chi connectivity index (χ0n) is 9.67. The smallest absolute Gasteiger partial charge is 0.328 e. The monoisotopic (exact) mass is 232 g/mol. The Balaban J connectivity index is 2.94. The molecule has 0 aliphatic rings. The van der Waals surface area contributed by atoms with Crippen LogP contribution in [0, 0.1) is 0 Å². The van der Waals surface area contributed by atoms with Gasteiger partial charge in [-0.15, -0.1) is 5.73 Å². The Morgan fingerprint density at radius 2 is 2.18 bits per heavy atom. The quantitative estimate of drug-likeness (QED) is 0.672. The first-order valence-corrected chi connectivity index (χ1v) is 5.03. The number of fused-ring (bicyclic) bond motifs is 1. The second kappa shape index (κ2) is 3.92. The fraction of sp³-hybridized carbons (Fsp3) is 0.273. The molecule has 0 N–H and O–H groups in total. The maximum absolute atomic E-state index is 12.1. The zero-order chi connectivity index (χ0) is 12.6. The molecule has 2 aromatic rings. The van der Waals surface area contributed by atoms with Gasteiger partial charge >= 0.3 is 5.69 Å². The summed E-state index contributed by atoms with van der Waals surface area (Å²) in [6.45, 7) is 3.57. The van der Waals surface area contributed by atoms with E-state index in [1.807, 2.05) is 0 Å². The first-order valence-electron chi connectivity index (χ1n) is 5.03. The summed E-state index contributed by atoms with van der Waals surface area (Å²) in [7, 11) is 3.31. The Hall–Kier alpha value is -2.33. The highest BCUT2D eigenvalue weighted by Gasteiger charge is 2.13. The molecule has 0 fully saturated rings. The number of rotatable bonds is 2. The van der Waals surface area contributed by atoms with E-state index in [9.17, 15) is 9.59 Å². The van der Waals surface area contributed by atoms with Crippen LogP contribution in [0.2, 0.25) is 0 Å². The van der Waals surface area contributed by atoms with E-state index >= 15 is 0 Å². The van der Waals surface area contributed by atoms with Gasteiger partial charge in [0.25, 0.3) is 5.56 Å². The van der Waals surface area contributed by atoms with E-state index < -0.39 is 5.69 Å². The first kappa shape index (κ1) is 11.2. The van der Waals surface area contributed by atoms with Gasteiger partial charge in [0, 0.05) is 14.1 Å². The van der Waals surface area contributed by atoms with Crippen molar-refractivity contribution >= 4 is 11.2 Å². The molecule has 0 unspecified atom stereocenters. The number of aromatic nitrogens is 4. The standard InChI is InChI=1S/C11H12N4O2/c1-4-5-6-15-10(16)8-9(12-7-13(8)2)14(3)11(15)17/h5,7H,1,6H2,2-3H3. The van der Waals surface area contributed by atoms with Gasteiger partial charge in [0.2, 0.25) is 0 Å². The molecule has 0 saturated heterocycles. The maximum atomic E-state index is 12.1. The average Bonchev–Trinajstić information content (AvgIpc) is 2.69. The molecular formula is C11H12N4O2. The summed E-state index contributed by atoms with van der Waals surface area (Å²) in [5.41, 5.74) is 2.59. The van der Waals surface area contributed by atoms with Gasteiger partial charge in [0.15, 0.2) is 11.2 Å². The fourth-order valence-corrected chi connectivity index (χ4v) is 1.71. The van der Waals surface area contributed by atoms with Gasteiger partial charge in [-0.25, -0.2) is 9.78 Å². The van der Waals surface area contributed by atoms with Crippen LogP contribution in [-0.2, 0) is 20.6 Å². The van der Waals surface area contributed by atoms with Crippen molar-refractivity contribution in [2.24, 2.45) is 14.1 Å². The second-order valence-electron chi connectivity index (χ2n) is 3.69. The molecule has 2 aromatic heterocycles. The minimum atomic E-state index is -0.396. The molecule has 0 radical (unpaired) electrons. The van der Waals surface area contributed by atoms with Crippen LogP contribution in [0.1, 0.15) is 0 Å². The van der Waals surface area contributed by atoms with Crippen LogP contribution in [0.5, 0.6) is 0 Å². The molecule has 0 aliphatic carbocycles. The van der Waals surface area contributed by atoms with Crippen molar-refractivity contribution in [2.45, 2.75) is 6.54 Å². The Kier molecular flexibility index (Phi) is 2.57. The molecule has 0 aliphatic heterocycles. The Morgan fingerprint density at radius 1 is 1.47 bits per heavy atom. The summed E-state index contributed by atoms with van der Waals surface area (Å²) in [6.07, 6.45) is 3.05. The molecule has 0 amide bonds. The van der Waals surface area contributed by atoms with Crippen LogP contribution >= 0.6 is 0 Å². The molecule has 88 valence electrons. The van der Waals surface area contributed by atoms with E-state index in [0.29, 0.717) is 11.2 Å². The predicted octanol–water partition coefficient (Wildman–Crippen LogP) is -0.225. The SMILES string of the molecule is C=C=CCn1c(=O)c2c(ncn2C)n(C)c1=O. The molecule has 0 spiro atoms. The largest absolute Gasteiger partial charge is 0.332 e. The number of imidazole rings is 1. The van der Waals surface area contributed by atoms with E-state index in [1.165, 1.54) is 17.0 Å². The van der Waals surface area contributed by atoms with Gasteiger partial charge in [-0.05, 0) is 6.08 Å². The molecule has 6 nitrogen and oxygen atoms in total. The lowest BCUT2D eigenvalue weighted by Crippen LogP contribution is -2.39. The van der Waals surface area contributed by atoms with Crippen LogP contribution in [0.15, 0.2) is 34.3 Å². The van der Waals surface area contributed by atoms with E-state index in [2.05, 4.69) is 17.3 Å². The molecule has 17 heavy (non-hydrogen) atoms. The highest BCUT2D eigenvalue weighted by Crippen LogP contribution is 2.02. The van der Waals surface area contributed by atoms with Crippen LogP contribution in [0.3, 0.4) is 0 Å². The number of allylic oxidation sites excluding steroid dienone is 1. The number of hydrogen-bond donors (Lipinski definition) is 0. The minimum absolute atomic E-state index is 0.163. The summed E-state index contributed by atoms with van der Waals surface area (Å²) in [4.78, 5) is 28.1. The Labute approximate surface area is 96.7 Å². The van der Waals surface area contributed by atoms with Gasteiger partial charge in [-0.2, -0.15) is 0 Å². The van der Waals surface area contributed by atoms with Crippen LogP contribution in [0.25, 0.3) is 11.2 Å². The molecule has 0 saturated carbocycles. The minimum Gasteiger partial charge on any atom is -0.328 e. The maximum Gasteiger partial charge on any atom is 0.332 e. The molecule has 2 rings (SSSR count). The van der Waals surface area contributed by atoms with Gasteiger partial charge in [0.1, 0.15) is 0 Å². The van der Waals surface area contributed by atoms with Gasteiger partial charge in [-0.1, -0.05) is 6.58 Å². The van der Waals surface area contributed by atoms with E-state index in [1.54, 1.807) is 18.7 Å². The third-order valence-corrected chi connectivity index (χ3v) is 2.62. The molecule has 0 atom stereocenters. The number of aryl methyl sites for hydroxylation is 2. The Bertz CT molecular complexity index is 741. The van der Waals surface area contributed by atoms with Crippen molar-refractivity contribution in [3.63, 3.8) is 0 Å². The number of nitrogens with zero attached hydrogens (tertiary/aromatic N) is 4. The normalized spacial score (nSPS) is 10.5. The van der Waals surface area contributed by atoms with Gasteiger partial charge in [-0.3, -0.25) is 13.9 Å².